The smallest absolute Gasteiger partial charge is 0.224 e. The van der Waals surface area contributed by atoms with E-state index in [1.807, 2.05) is 0 Å². The van der Waals surface area contributed by atoms with Gasteiger partial charge in [0.1, 0.15) is 0 Å². The number of nitrogens with zero attached hydrogens (tertiary/aromatic N) is 1. The zero-order valence-corrected chi connectivity index (χ0v) is 15.1. The summed E-state index contributed by atoms with van der Waals surface area (Å²) in [4.78, 5) is 14.4. The van der Waals surface area contributed by atoms with Gasteiger partial charge >= 0.3 is 0 Å². The fourth-order valence-corrected chi connectivity index (χ4v) is 3.28. The quantitative estimate of drug-likeness (QED) is 0.790. The highest BCUT2D eigenvalue weighted by atomic mass is 35.5. The van der Waals surface area contributed by atoms with Gasteiger partial charge in [0.25, 0.3) is 0 Å². The van der Waals surface area contributed by atoms with E-state index >= 15 is 0 Å². The summed E-state index contributed by atoms with van der Waals surface area (Å²) in [7, 11) is 0. The van der Waals surface area contributed by atoms with Gasteiger partial charge in [0, 0.05) is 32.7 Å². The summed E-state index contributed by atoms with van der Waals surface area (Å²) in [6, 6.07) is 8.72. The van der Waals surface area contributed by atoms with Crippen LogP contribution in [0.1, 0.15) is 24.0 Å². The van der Waals surface area contributed by atoms with E-state index in [-0.39, 0.29) is 36.6 Å². The van der Waals surface area contributed by atoms with Crippen LogP contribution in [-0.2, 0) is 17.8 Å². The van der Waals surface area contributed by atoms with Gasteiger partial charge in [-0.25, -0.2) is 0 Å². The average molecular weight is 360 g/mol. The molecule has 1 fully saturated rings. The molecule has 0 aliphatic carbocycles. The maximum Gasteiger partial charge on any atom is 0.224 e. The first-order valence-electron chi connectivity index (χ1n) is 8.10. The van der Waals surface area contributed by atoms with Crippen LogP contribution < -0.4 is 10.6 Å². The Balaban J connectivity index is 0.00000132. The molecule has 1 atom stereocenters. The minimum atomic E-state index is 0. The first-order valence-corrected chi connectivity index (χ1v) is 8.10. The molecule has 6 heteroatoms. The molecule has 2 heterocycles. The summed E-state index contributed by atoms with van der Waals surface area (Å²) < 4.78 is 0. The predicted molar refractivity (Wildman–Crippen MR) is 98.5 cm³/mol. The standard InChI is InChI=1S/C17H25N3O.2ClH/c21-17(15-6-9-18-12-15)19-8-3-10-20-11-7-14-4-1-2-5-16(14)13-20;;/h1-2,4-5,15,18H,3,6-13H2,(H,19,21);2*1H. The Hall–Kier alpha value is -0.810. The average Bonchev–Trinajstić information content (AvgIpc) is 3.06. The number of carbonyl (C=O) groups excluding carboxylic acids is 1. The molecule has 0 spiro atoms. The van der Waals surface area contributed by atoms with Crippen LogP contribution in [0.4, 0.5) is 0 Å². The van der Waals surface area contributed by atoms with Crippen LogP contribution in [0, 0.1) is 5.92 Å². The van der Waals surface area contributed by atoms with Crippen molar-refractivity contribution >= 4 is 30.7 Å². The molecule has 2 N–H and O–H groups in total. The summed E-state index contributed by atoms with van der Waals surface area (Å²) >= 11 is 0. The van der Waals surface area contributed by atoms with Crippen LogP contribution in [0.3, 0.4) is 0 Å². The third-order valence-electron chi connectivity index (χ3n) is 4.59. The predicted octanol–water partition coefficient (Wildman–Crippen LogP) is 2.00. The van der Waals surface area contributed by atoms with Gasteiger partial charge < -0.3 is 10.6 Å². The lowest BCUT2D eigenvalue weighted by molar-refractivity contribution is -0.124. The molecule has 1 saturated heterocycles. The normalized spacial score (nSPS) is 20.1. The van der Waals surface area contributed by atoms with Gasteiger partial charge in [-0.15, -0.1) is 24.8 Å². The summed E-state index contributed by atoms with van der Waals surface area (Å²) in [6.45, 7) is 5.87. The van der Waals surface area contributed by atoms with Gasteiger partial charge in [0.15, 0.2) is 0 Å². The van der Waals surface area contributed by atoms with Crippen molar-refractivity contribution in [2.45, 2.75) is 25.8 Å². The van der Waals surface area contributed by atoms with Crippen LogP contribution in [0.2, 0.25) is 0 Å². The molecule has 1 aromatic carbocycles. The van der Waals surface area contributed by atoms with Crippen molar-refractivity contribution in [1.29, 1.82) is 0 Å². The number of carbonyl (C=O) groups is 1. The molecule has 2 aliphatic rings. The lowest BCUT2D eigenvalue weighted by atomic mass is 10.00. The van der Waals surface area contributed by atoms with Crippen molar-refractivity contribution in [3.8, 4) is 0 Å². The number of fused-ring (bicyclic) bond motifs is 1. The monoisotopic (exact) mass is 359 g/mol. The highest BCUT2D eigenvalue weighted by molar-refractivity contribution is 5.85. The zero-order chi connectivity index (χ0) is 14.5. The summed E-state index contributed by atoms with van der Waals surface area (Å²) in [5.41, 5.74) is 2.96. The van der Waals surface area contributed by atoms with Crippen molar-refractivity contribution < 1.29 is 4.79 Å². The van der Waals surface area contributed by atoms with Crippen LogP contribution in [-0.4, -0.2) is 43.5 Å². The van der Waals surface area contributed by atoms with E-state index in [0.717, 1.165) is 58.5 Å². The number of rotatable bonds is 5. The molecule has 1 unspecified atom stereocenters. The summed E-state index contributed by atoms with van der Waals surface area (Å²) in [6.07, 6.45) is 3.17. The molecule has 3 rings (SSSR count). The van der Waals surface area contributed by atoms with Crippen LogP contribution in [0.15, 0.2) is 24.3 Å². The highest BCUT2D eigenvalue weighted by Crippen LogP contribution is 2.18. The third-order valence-corrected chi connectivity index (χ3v) is 4.59. The zero-order valence-electron chi connectivity index (χ0n) is 13.4. The van der Waals surface area contributed by atoms with Gasteiger partial charge in [-0.1, -0.05) is 24.3 Å². The Morgan fingerprint density at radius 3 is 2.78 bits per heavy atom. The fourth-order valence-electron chi connectivity index (χ4n) is 3.28. The summed E-state index contributed by atoms with van der Waals surface area (Å²) in [5, 5.41) is 6.31. The molecule has 130 valence electrons. The van der Waals surface area contributed by atoms with Crippen molar-refractivity contribution in [2.24, 2.45) is 5.92 Å². The van der Waals surface area contributed by atoms with Crippen molar-refractivity contribution in [1.82, 2.24) is 15.5 Å². The molecule has 1 aromatic rings. The van der Waals surface area contributed by atoms with E-state index in [2.05, 4.69) is 39.8 Å². The van der Waals surface area contributed by atoms with Crippen molar-refractivity contribution in [3.63, 3.8) is 0 Å². The lowest BCUT2D eigenvalue weighted by Gasteiger charge is -2.28. The van der Waals surface area contributed by atoms with Gasteiger partial charge in [0.2, 0.25) is 5.91 Å². The van der Waals surface area contributed by atoms with Crippen molar-refractivity contribution in [2.75, 3.05) is 32.7 Å². The number of nitrogens with one attached hydrogen (secondary N) is 2. The van der Waals surface area contributed by atoms with Crippen LogP contribution >= 0.6 is 24.8 Å². The maximum atomic E-state index is 11.9. The van der Waals surface area contributed by atoms with Crippen molar-refractivity contribution in [3.05, 3.63) is 35.4 Å². The molecule has 4 nitrogen and oxygen atoms in total. The molecular weight excluding hydrogens is 333 g/mol. The Kier molecular flexibility index (Phi) is 8.92. The van der Waals surface area contributed by atoms with Crippen LogP contribution in [0.25, 0.3) is 0 Å². The number of halogens is 2. The maximum absolute atomic E-state index is 11.9. The molecular formula is C17H27Cl2N3O. The summed E-state index contributed by atoms with van der Waals surface area (Å²) in [5.74, 6) is 0.413. The first-order chi connectivity index (χ1) is 10.3. The Morgan fingerprint density at radius 2 is 2.04 bits per heavy atom. The number of hydrogen-bond acceptors (Lipinski definition) is 3. The van der Waals surface area contributed by atoms with Gasteiger partial charge in [0.05, 0.1) is 5.92 Å². The second kappa shape index (κ2) is 10.1. The van der Waals surface area contributed by atoms with E-state index in [4.69, 9.17) is 0 Å². The first kappa shape index (κ1) is 20.2. The second-order valence-corrected chi connectivity index (χ2v) is 6.13. The van der Waals surface area contributed by atoms with E-state index < -0.39 is 0 Å². The molecule has 0 aromatic heterocycles. The van der Waals surface area contributed by atoms with E-state index in [0.29, 0.717) is 0 Å². The number of amides is 1. The Bertz CT molecular complexity index is 492. The van der Waals surface area contributed by atoms with E-state index in [9.17, 15) is 4.79 Å². The van der Waals surface area contributed by atoms with E-state index in [1.165, 1.54) is 11.1 Å². The fraction of sp³-hybridized carbons (Fsp3) is 0.588. The number of hydrogen-bond donors (Lipinski definition) is 2. The van der Waals surface area contributed by atoms with Gasteiger partial charge in [-0.3, -0.25) is 9.69 Å². The molecule has 0 radical (unpaired) electrons. The minimum Gasteiger partial charge on any atom is -0.356 e. The third kappa shape index (κ3) is 5.64. The molecule has 0 bridgehead atoms. The van der Waals surface area contributed by atoms with E-state index in [1.54, 1.807) is 0 Å². The number of benzene rings is 1. The highest BCUT2D eigenvalue weighted by Gasteiger charge is 2.21. The van der Waals surface area contributed by atoms with Crippen LogP contribution in [0.5, 0.6) is 0 Å². The Morgan fingerprint density at radius 1 is 1.26 bits per heavy atom. The second-order valence-electron chi connectivity index (χ2n) is 6.13. The Labute approximate surface area is 151 Å². The van der Waals surface area contributed by atoms with Gasteiger partial charge in [-0.2, -0.15) is 0 Å². The topological polar surface area (TPSA) is 44.4 Å². The molecule has 2 aliphatic heterocycles. The molecule has 0 saturated carbocycles. The lowest BCUT2D eigenvalue weighted by Crippen LogP contribution is -2.36. The van der Waals surface area contributed by atoms with Gasteiger partial charge in [-0.05, 0) is 36.9 Å². The SMILES string of the molecule is Cl.Cl.O=C(NCCCN1CCc2ccccc2C1)C1CCNC1. The molecule has 23 heavy (non-hydrogen) atoms. The largest absolute Gasteiger partial charge is 0.356 e. The molecule has 1 amide bonds. The minimum absolute atomic E-state index is 0.